The molecule has 0 aromatic heterocycles. The van der Waals surface area contributed by atoms with Gasteiger partial charge in [-0.2, -0.15) is 0 Å². The number of methoxy groups -OCH3 is 1. The van der Waals surface area contributed by atoms with E-state index in [4.69, 9.17) is 14.5 Å². The van der Waals surface area contributed by atoms with Gasteiger partial charge in [-0.15, -0.1) is 24.0 Å². The highest BCUT2D eigenvalue weighted by molar-refractivity contribution is 14.0. The number of guanidine groups is 1. The van der Waals surface area contributed by atoms with E-state index in [1.807, 2.05) is 12.1 Å². The molecule has 2 N–H and O–H groups in total. The Labute approximate surface area is 199 Å². The smallest absolute Gasteiger partial charge is 0.191 e. The summed E-state index contributed by atoms with van der Waals surface area (Å²) in [7, 11) is 6.03. The number of para-hydroxylation sites is 1. The summed E-state index contributed by atoms with van der Waals surface area (Å²) in [6, 6.07) is 6.63. The largest absolute Gasteiger partial charge is 0.493 e. The van der Waals surface area contributed by atoms with Gasteiger partial charge in [-0.1, -0.05) is 12.1 Å². The Hall–Kier alpha value is -1.22. The van der Waals surface area contributed by atoms with Crippen LogP contribution in [0.15, 0.2) is 23.2 Å². The average molecular weight is 530 g/mol. The topological polar surface area (TPSA) is 58.1 Å². The standard InChI is InChI=1S/C23H38N4O2.HI/c1-5-24-23(26-16-20(27(2)3)17-13-14-17)25-15-18-9-8-12-21(28-4)22(18)29-19-10-6-7-11-19;/h8-9,12,17,19-20H,5-7,10-11,13-16H2,1-4H3,(H2,24,25,26);1H. The number of hydrogen-bond acceptors (Lipinski definition) is 4. The SMILES string of the molecule is CCNC(=NCc1cccc(OC)c1OC1CCCC1)NCC(C1CC1)N(C)C.I. The number of hydrogen-bond donors (Lipinski definition) is 2. The lowest BCUT2D eigenvalue weighted by Gasteiger charge is -2.25. The molecule has 0 spiro atoms. The minimum Gasteiger partial charge on any atom is -0.493 e. The fraction of sp³-hybridized carbons (Fsp3) is 0.696. The van der Waals surface area contributed by atoms with E-state index in [9.17, 15) is 0 Å². The van der Waals surface area contributed by atoms with E-state index >= 15 is 0 Å². The highest BCUT2D eigenvalue weighted by Crippen LogP contribution is 2.35. The third kappa shape index (κ3) is 7.18. The van der Waals surface area contributed by atoms with Crippen molar-refractivity contribution >= 4 is 29.9 Å². The van der Waals surface area contributed by atoms with Gasteiger partial charge in [0.1, 0.15) is 0 Å². The van der Waals surface area contributed by atoms with Crippen LogP contribution in [0.3, 0.4) is 0 Å². The minimum atomic E-state index is 0. The minimum absolute atomic E-state index is 0. The maximum atomic E-state index is 6.35. The molecule has 0 amide bonds. The second kappa shape index (κ2) is 12.6. The molecule has 0 aliphatic heterocycles. The molecule has 2 saturated carbocycles. The molecular weight excluding hydrogens is 491 g/mol. The number of nitrogens with one attached hydrogen (secondary N) is 2. The van der Waals surface area contributed by atoms with E-state index in [2.05, 4.69) is 42.6 Å². The number of likely N-dealkylation sites (N-methyl/N-ethyl adjacent to an activating group) is 1. The molecule has 6 nitrogen and oxygen atoms in total. The summed E-state index contributed by atoms with van der Waals surface area (Å²) in [5.41, 5.74) is 1.07. The van der Waals surface area contributed by atoms with Crippen molar-refractivity contribution in [2.75, 3.05) is 34.3 Å². The molecule has 1 atom stereocenters. The van der Waals surface area contributed by atoms with E-state index in [1.54, 1.807) is 7.11 Å². The molecule has 2 aliphatic rings. The Morgan fingerprint density at radius 1 is 1.17 bits per heavy atom. The summed E-state index contributed by atoms with van der Waals surface area (Å²) in [5.74, 6) is 3.31. The van der Waals surface area contributed by atoms with Crippen molar-refractivity contribution in [1.82, 2.24) is 15.5 Å². The number of nitrogens with zero attached hydrogens (tertiary/aromatic N) is 2. The Kier molecular flexibility index (Phi) is 10.5. The fourth-order valence-corrected chi connectivity index (χ4v) is 4.11. The van der Waals surface area contributed by atoms with Crippen LogP contribution in [0, 0.1) is 5.92 Å². The van der Waals surface area contributed by atoms with Crippen molar-refractivity contribution < 1.29 is 9.47 Å². The summed E-state index contributed by atoms with van der Waals surface area (Å²) in [5, 5.41) is 6.92. The van der Waals surface area contributed by atoms with E-state index in [1.165, 1.54) is 25.7 Å². The van der Waals surface area contributed by atoms with Crippen molar-refractivity contribution in [3.8, 4) is 11.5 Å². The number of aliphatic imine (C=N–C) groups is 1. The molecule has 3 rings (SSSR count). The molecule has 2 aliphatic carbocycles. The molecule has 2 fully saturated rings. The Morgan fingerprint density at radius 3 is 2.50 bits per heavy atom. The predicted octanol–water partition coefficient (Wildman–Crippen LogP) is 4.03. The number of halogens is 1. The number of rotatable bonds is 10. The zero-order chi connectivity index (χ0) is 20.6. The normalized spacial score (nSPS) is 18.1. The maximum absolute atomic E-state index is 6.35. The lowest BCUT2D eigenvalue weighted by molar-refractivity contribution is 0.198. The zero-order valence-electron chi connectivity index (χ0n) is 18.9. The molecule has 1 aromatic carbocycles. The van der Waals surface area contributed by atoms with Crippen molar-refractivity contribution in [2.45, 2.75) is 64.1 Å². The molecule has 30 heavy (non-hydrogen) atoms. The Bertz CT molecular complexity index is 671. The van der Waals surface area contributed by atoms with Crippen LogP contribution in [-0.2, 0) is 6.54 Å². The quantitative estimate of drug-likeness (QED) is 0.272. The van der Waals surface area contributed by atoms with Crippen LogP contribution >= 0.6 is 24.0 Å². The first-order valence-electron chi connectivity index (χ1n) is 11.1. The molecular formula is C23H39IN4O2. The van der Waals surface area contributed by atoms with Gasteiger partial charge >= 0.3 is 0 Å². The molecule has 0 heterocycles. The van der Waals surface area contributed by atoms with Crippen molar-refractivity contribution in [3.63, 3.8) is 0 Å². The first kappa shape index (κ1) is 25.0. The van der Waals surface area contributed by atoms with E-state index in [0.717, 1.165) is 54.9 Å². The summed E-state index contributed by atoms with van der Waals surface area (Å²) < 4.78 is 11.9. The summed E-state index contributed by atoms with van der Waals surface area (Å²) >= 11 is 0. The molecule has 7 heteroatoms. The van der Waals surface area contributed by atoms with Crippen LogP contribution in [0.4, 0.5) is 0 Å². The van der Waals surface area contributed by atoms with E-state index in [-0.39, 0.29) is 24.0 Å². The molecule has 170 valence electrons. The number of benzene rings is 1. The van der Waals surface area contributed by atoms with Crippen molar-refractivity contribution in [2.24, 2.45) is 10.9 Å². The second-order valence-corrected chi connectivity index (χ2v) is 8.42. The second-order valence-electron chi connectivity index (χ2n) is 8.42. The number of ether oxygens (including phenoxy) is 2. The van der Waals surface area contributed by atoms with Gasteiger partial charge in [-0.25, -0.2) is 4.99 Å². The predicted molar refractivity (Wildman–Crippen MR) is 134 cm³/mol. The van der Waals surface area contributed by atoms with Gasteiger partial charge in [0.2, 0.25) is 0 Å². The van der Waals surface area contributed by atoms with Crippen LogP contribution in [0.25, 0.3) is 0 Å². The van der Waals surface area contributed by atoms with Gasteiger partial charge in [0.25, 0.3) is 0 Å². The van der Waals surface area contributed by atoms with Gasteiger partial charge in [-0.05, 0) is 71.5 Å². The van der Waals surface area contributed by atoms with Gasteiger partial charge in [0.15, 0.2) is 17.5 Å². The lowest BCUT2D eigenvalue weighted by atomic mass is 10.1. The van der Waals surface area contributed by atoms with Gasteiger partial charge in [-0.3, -0.25) is 0 Å². The Morgan fingerprint density at radius 2 is 1.90 bits per heavy atom. The lowest BCUT2D eigenvalue weighted by Crippen LogP contribution is -2.46. The molecule has 0 radical (unpaired) electrons. The van der Waals surface area contributed by atoms with E-state index < -0.39 is 0 Å². The fourth-order valence-electron chi connectivity index (χ4n) is 4.11. The van der Waals surface area contributed by atoms with Crippen molar-refractivity contribution in [1.29, 1.82) is 0 Å². The summed E-state index contributed by atoms with van der Waals surface area (Å²) in [6.45, 7) is 4.41. The molecule has 0 bridgehead atoms. The highest BCUT2D eigenvalue weighted by Gasteiger charge is 2.32. The first-order chi connectivity index (χ1) is 14.1. The van der Waals surface area contributed by atoms with Crippen LogP contribution in [-0.4, -0.2) is 57.3 Å². The van der Waals surface area contributed by atoms with Crippen LogP contribution < -0.4 is 20.1 Å². The Balaban J connectivity index is 0.00000320. The zero-order valence-corrected chi connectivity index (χ0v) is 21.3. The molecule has 1 aromatic rings. The average Bonchev–Trinajstić information content (AvgIpc) is 3.41. The van der Waals surface area contributed by atoms with Gasteiger partial charge in [0, 0.05) is 24.7 Å². The van der Waals surface area contributed by atoms with Crippen LogP contribution in [0.1, 0.15) is 51.0 Å². The van der Waals surface area contributed by atoms with Crippen LogP contribution in [0.5, 0.6) is 11.5 Å². The monoisotopic (exact) mass is 530 g/mol. The first-order valence-corrected chi connectivity index (χ1v) is 11.1. The summed E-state index contributed by atoms with van der Waals surface area (Å²) in [6.07, 6.45) is 7.70. The highest BCUT2D eigenvalue weighted by atomic mass is 127. The van der Waals surface area contributed by atoms with E-state index in [0.29, 0.717) is 18.7 Å². The third-order valence-corrected chi connectivity index (χ3v) is 5.93. The third-order valence-electron chi connectivity index (χ3n) is 5.93. The molecule has 0 saturated heterocycles. The van der Waals surface area contributed by atoms with Gasteiger partial charge < -0.3 is 25.0 Å². The van der Waals surface area contributed by atoms with Crippen LogP contribution in [0.2, 0.25) is 0 Å². The molecule has 1 unspecified atom stereocenters. The van der Waals surface area contributed by atoms with Gasteiger partial charge in [0.05, 0.1) is 19.8 Å². The maximum Gasteiger partial charge on any atom is 0.191 e. The summed E-state index contributed by atoms with van der Waals surface area (Å²) in [4.78, 5) is 7.17. The van der Waals surface area contributed by atoms with Crippen molar-refractivity contribution in [3.05, 3.63) is 23.8 Å².